The van der Waals surface area contributed by atoms with Gasteiger partial charge in [-0.2, -0.15) is 11.8 Å². The molecule has 0 aliphatic heterocycles. The van der Waals surface area contributed by atoms with Crippen LogP contribution in [0, 0.1) is 5.92 Å². The van der Waals surface area contributed by atoms with Gasteiger partial charge < -0.3 is 5.73 Å². The zero-order valence-corrected chi connectivity index (χ0v) is 8.04. The van der Waals surface area contributed by atoms with E-state index < -0.39 is 0 Å². The summed E-state index contributed by atoms with van der Waals surface area (Å²) >= 11 is 2.03. The van der Waals surface area contributed by atoms with Crippen LogP contribution in [0.15, 0.2) is 0 Å². The molecule has 0 spiro atoms. The van der Waals surface area contributed by atoms with Crippen molar-refractivity contribution in [1.29, 1.82) is 0 Å². The van der Waals surface area contributed by atoms with Crippen LogP contribution in [0.5, 0.6) is 0 Å². The molecule has 3 N–H and O–H groups in total. The highest BCUT2D eigenvalue weighted by Crippen LogP contribution is 2.10. The summed E-state index contributed by atoms with van der Waals surface area (Å²) in [4.78, 5) is 0. The Kier molecular flexibility index (Phi) is 7.65. The summed E-state index contributed by atoms with van der Waals surface area (Å²) in [6.07, 6.45) is 2.70. The lowest BCUT2D eigenvalue weighted by Crippen LogP contribution is -2.51. The van der Waals surface area contributed by atoms with E-state index in [0.717, 1.165) is 12.5 Å². The molecule has 0 saturated carbocycles. The van der Waals surface area contributed by atoms with Crippen LogP contribution in [0.4, 0.5) is 0 Å². The van der Waals surface area contributed by atoms with Crippen LogP contribution in [0.2, 0.25) is 0 Å². The van der Waals surface area contributed by atoms with Crippen molar-refractivity contribution in [2.24, 2.45) is 5.92 Å². The molecule has 0 aliphatic rings. The number of rotatable bonds is 6. The maximum atomic E-state index is 3.80. The van der Waals surface area contributed by atoms with Gasteiger partial charge in [0.25, 0.3) is 0 Å². The molecule has 1 nitrogen and oxygen atoms in total. The third-order valence-corrected chi connectivity index (χ3v) is 2.84. The lowest BCUT2D eigenvalue weighted by molar-refractivity contribution is -0.360. The Morgan fingerprint density at radius 2 is 2.10 bits per heavy atom. The average molecular weight is 162 g/mol. The smallest absolute Gasteiger partial charge is 0.0831 e. The molecule has 0 aromatic heterocycles. The summed E-state index contributed by atoms with van der Waals surface area (Å²) < 4.78 is 0. The lowest BCUT2D eigenvalue weighted by atomic mass is 10.1. The molecule has 0 saturated heterocycles. The van der Waals surface area contributed by atoms with E-state index in [-0.39, 0.29) is 0 Å². The number of quaternary nitrogens is 1. The van der Waals surface area contributed by atoms with E-state index in [1.807, 2.05) is 11.8 Å². The molecule has 0 rings (SSSR count). The second kappa shape index (κ2) is 7.42. The van der Waals surface area contributed by atoms with Gasteiger partial charge in [0.1, 0.15) is 0 Å². The number of hydrogen-bond acceptors (Lipinski definition) is 1. The average Bonchev–Trinajstić information content (AvgIpc) is 1.98. The minimum absolute atomic E-state index is 0.914. The minimum atomic E-state index is 0.914. The zero-order valence-electron chi connectivity index (χ0n) is 7.23. The van der Waals surface area contributed by atoms with Gasteiger partial charge in [0.05, 0.1) is 6.54 Å². The van der Waals surface area contributed by atoms with Crippen molar-refractivity contribution in [3.05, 3.63) is 0 Å². The van der Waals surface area contributed by atoms with E-state index in [1.165, 1.54) is 24.3 Å². The first-order valence-corrected chi connectivity index (χ1v) is 5.33. The number of hydrogen-bond donors (Lipinski definition) is 1. The van der Waals surface area contributed by atoms with Crippen molar-refractivity contribution in [2.75, 3.05) is 18.1 Å². The Hall–Kier alpha value is 0.310. The van der Waals surface area contributed by atoms with Crippen LogP contribution < -0.4 is 5.73 Å². The van der Waals surface area contributed by atoms with Gasteiger partial charge in [-0.25, -0.2) is 0 Å². The topological polar surface area (TPSA) is 27.6 Å². The SMILES string of the molecule is CCC(C)CCSCC[NH3+]. The molecule has 0 heterocycles. The van der Waals surface area contributed by atoms with Gasteiger partial charge in [0.15, 0.2) is 0 Å². The van der Waals surface area contributed by atoms with E-state index in [0.29, 0.717) is 0 Å². The molecule has 0 radical (unpaired) electrons. The quantitative estimate of drug-likeness (QED) is 0.587. The summed E-state index contributed by atoms with van der Waals surface area (Å²) in [6.45, 7) is 5.66. The first-order chi connectivity index (χ1) is 4.81. The van der Waals surface area contributed by atoms with Crippen LogP contribution in [0.3, 0.4) is 0 Å². The third-order valence-electron chi connectivity index (χ3n) is 1.74. The molecule has 1 atom stereocenters. The third kappa shape index (κ3) is 6.43. The van der Waals surface area contributed by atoms with E-state index in [1.54, 1.807) is 0 Å². The van der Waals surface area contributed by atoms with Crippen LogP contribution in [-0.4, -0.2) is 18.1 Å². The molecule has 0 bridgehead atoms. The monoisotopic (exact) mass is 162 g/mol. The van der Waals surface area contributed by atoms with Crippen LogP contribution in [0.25, 0.3) is 0 Å². The normalized spacial score (nSPS) is 13.5. The Balaban J connectivity index is 2.89. The second-order valence-corrected chi connectivity index (χ2v) is 3.99. The van der Waals surface area contributed by atoms with Crippen LogP contribution >= 0.6 is 11.8 Å². The van der Waals surface area contributed by atoms with Gasteiger partial charge in [-0.3, -0.25) is 0 Å². The minimum Gasteiger partial charge on any atom is -0.357 e. The second-order valence-electron chi connectivity index (χ2n) is 2.77. The first kappa shape index (κ1) is 10.3. The summed E-state index contributed by atoms with van der Waals surface area (Å²) in [5.74, 6) is 3.47. The molecule has 0 fully saturated rings. The Labute approximate surface area is 68.8 Å². The molecule has 1 unspecified atom stereocenters. The summed E-state index contributed by atoms with van der Waals surface area (Å²) in [7, 11) is 0. The van der Waals surface area contributed by atoms with Gasteiger partial charge in [-0.05, 0) is 18.1 Å². The highest BCUT2D eigenvalue weighted by atomic mass is 32.2. The van der Waals surface area contributed by atoms with Gasteiger partial charge in [-0.15, -0.1) is 0 Å². The van der Waals surface area contributed by atoms with E-state index in [2.05, 4.69) is 19.6 Å². The van der Waals surface area contributed by atoms with Gasteiger partial charge in [0.2, 0.25) is 0 Å². The maximum absolute atomic E-state index is 3.80. The van der Waals surface area contributed by atoms with Gasteiger partial charge in [-0.1, -0.05) is 20.3 Å². The molecule has 0 aromatic carbocycles. The fourth-order valence-corrected chi connectivity index (χ4v) is 1.67. The predicted octanol–water partition coefficient (Wildman–Crippen LogP) is 1.40. The molecule has 0 aliphatic carbocycles. The van der Waals surface area contributed by atoms with Gasteiger partial charge in [0, 0.05) is 5.75 Å². The van der Waals surface area contributed by atoms with Crippen molar-refractivity contribution < 1.29 is 5.73 Å². The molecular formula is C8H20NS+. The molecule has 62 valence electrons. The standard InChI is InChI=1S/C8H19NS/c1-3-8(2)4-6-10-7-5-9/h8H,3-7,9H2,1-2H3/p+1. The molecule has 0 amide bonds. The van der Waals surface area contributed by atoms with Crippen molar-refractivity contribution in [3.8, 4) is 0 Å². The van der Waals surface area contributed by atoms with Crippen molar-refractivity contribution >= 4 is 11.8 Å². The maximum Gasteiger partial charge on any atom is 0.0831 e. The Bertz CT molecular complexity index is 66.3. The van der Waals surface area contributed by atoms with Crippen LogP contribution in [0.1, 0.15) is 26.7 Å². The van der Waals surface area contributed by atoms with Gasteiger partial charge >= 0.3 is 0 Å². The highest BCUT2D eigenvalue weighted by molar-refractivity contribution is 7.99. The fourth-order valence-electron chi connectivity index (χ4n) is 0.693. The van der Waals surface area contributed by atoms with Crippen molar-refractivity contribution in [2.45, 2.75) is 26.7 Å². The van der Waals surface area contributed by atoms with Crippen molar-refractivity contribution in [1.82, 2.24) is 0 Å². The lowest BCUT2D eigenvalue weighted by Gasteiger charge is -2.05. The van der Waals surface area contributed by atoms with Crippen molar-refractivity contribution in [3.63, 3.8) is 0 Å². The van der Waals surface area contributed by atoms with E-state index in [4.69, 9.17) is 0 Å². The highest BCUT2D eigenvalue weighted by Gasteiger charge is 1.97. The Morgan fingerprint density at radius 1 is 1.40 bits per heavy atom. The van der Waals surface area contributed by atoms with E-state index >= 15 is 0 Å². The molecule has 0 aromatic rings. The largest absolute Gasteiger partial charge is 0.357 e. The fraction of sp³-hybridized carbons (Fsp3) is 1.00. The summed E-state index contributed by atoms with van der Waals surface area (Å²) in [5.41, 5.74) is 3.80. The molecule has 10 heavy (non-hydrogen) atoms. The first-order valence-electron chi connectivity index (χ1n) is 4.18. The zero-order chi connectivity index (χ0) is 7.82. The summed E-state index contributed by atoms with van der Waals surface area (Å²) in [6, 6.07) is 0. The predicted molar refractivity (Wildman–Crippen MR) is 49.2 cm³/mol. The molecular weight excluding hydrogens is 142 g/mol. The number of thioether (sulfide) groups is 1. The summed E-state index contributed by atoms with van der Waals surface area (Å²) in [5, 5.41) is 0. The molecule has 2 heteroatoms. The van der Waals surface area contributed by atoms with E-state index in [9.17, 15) is 0 Å². The Morgan fingerprint density at radius 3 is 2.60 bits per heavy atom. The van der Waals surface area contributed by atoms with Crippen LogP contribution in [-0.2, 0) is 0 Å².